The van der Waals surface area contributed by atoms with Gasteiger partial charge in [-0.25, -0.2) is 0 Å². The van der Waals surface area contributed by atoms with E-state index in [4.69, 9.17) is 20.3 Å². The van der Waals surface area contributed by atoms with Gasteiger partial charge in [-0.15, -0.1) is 0 Å². The molecule has 0 fully saturated rings. The summed E-state index contributed by atoms with van der Waals surface area (Å²) in [5, 5.41) is 9.01. The van der Waals surface area contributed by atoms with Crippen molar-refractivity contribution < 1.29 is 14.6 Å². The molecule has 0 unspecified atom stereocenters. The number of rotatable bonds is 6. The average Bonchev–Trinajstić information content (AvgIpc) is 2.34. The maximum atomic E-state index is 9.01. The molecule has 0 radical (unpaired) electrons. The van der Waals surface area contributed by atoms with E-state index in [2.05, 4.69) is 0 Å². The second kappa shape index (κ2) is 6.35. The van der Waals surface area contributed by atoms with Crippen LogP contribution in [0.25, 0.3) is 0 Å². The largest absolute Gasteiger partial charge is 0.496 e. The smallest absolute Gasteiger partial charge is 0.127 e. The molecule has 1 aromatic rings. The molecule has 0 aliphatic rings. The maximum absolute atomic E-state index is 9.01. The fraction of sp³-hybridized carbons (Fsp3) is 0.500. The SMILES string of the molecule is CCCOc1ccc([C@@H](N)CO)c(OC)c1. The number of methoxy groups -OCH3 is 1. The van der Waals surface area contributed by atoms with Crippen molar-refractivity contribution in [3.05, 3.63) is 23.8 Å². The van der Waals surface area contributed by atoms with E-state index in [-0.39, 0.29) is 6.61 Å². The molecule has 0 amide bonds. The van der Waals surface area contributed by atoms with Crippen LogP contribution in [0, 0.1) is 0 Å². The molecule has 1 rings (SSSR count). The van der Waals surface area contributed by atoms with E-state index in [1.165, 1.54) is 0 Å². The first-order valence-electron chi connectivity index (χ1n) is 5.40. The summed E-state index contributed by atoms with van der Waals surface area (Å²) in [5.74, 6) is 1.41. The molecule has 1 aromatic carbocycles. The van der Waals surface area contributed by atoms with Crippen molar-refractivity contribution in [2.45, 2.75) is 19.4 Å². The van der Waals surface area contributed by atoms with Crippen molar-refractivity contribution in [2.24, 2.45) is 5.73 Å². The van der Waals surface area contributed by atoms with Crippen LogP contribution in [0.1, 0.15) is 24.9 Å². The summed E-state index contributed by atoms with van der Waals surface area (Å²) in [7, 11) is 1.58. The van der Waals surface area contributed by atoms with Gasteiger partial charge in [0.1, 0.15) is 11.5 Å². The average molecular weight is 225 g/mol. The minimum Gasteiger partial charge on any atom is -0.496 e. The third-order valence-corrected chi connectivity index (χ3v) is 2.27. The van der Waals surface area contributed by atoms with Crippen LogP contribution in [0.5, 0.6) is 11.5 Å². The molecular weight excluding hydrogens is 206 g/mol. The number of aliphatic hydroxyl groups excluding tert-OH is 1. The molecular formula is C12H19NO3. The van der Waals surface area contributed by atoms with Crippen molar-refractivity contribution in [3.8, 4) is 11.5 Å². The van der Waals surface area contributed by atoms with Crippen LogP contribution in [0.3, 0.4) is 0 Å². The topological polar surface area (TPSA) is 64.7 Å². The van der Waals surface area contributed by atoms with Gasteiger partial charge >= 0.3 is 0 Å². The summed E-state index contributed by atoms with van der Waals surface area (Å²) in [6.07, 6.45) is 0.959. The van der Waals surface area contributed by atoms with E-state index in [0.29, 0.717) is 12.4 Å². The Labute approximate surface area is 96.0 Å². The van der Waals surface area contributed by atoms with Gasteiger partial charge in [0.05, 0.1) is 26.4 Å². The van der Waals surface area contributed by atoms with E-state index in [9.17, 15) is 0 Å². The fourth-order valence-electron chi connectivity index (χ4n) is 1.41. The fourth-order valence-corrected chi connectivity index (χ4v) is 1.41. The standard InChI is InChI=1S/C12H19NO3/c1-3-6-16-9-4-5-10(11(13)8-14)12(7-9)15-2/h4-5,7,11,14H,3,6,8,13H2,1-2H3/t11-/m0/s1. The number of ether oxygens (including phenoxy) is 2. The van der Waals surface area contributed by atoms with Crippen molar-refractivity contribution in [2.75, 3.05) is 20.3 Å². The van der Waals surface area contributed by atoms with Gasteiger partial charge in [0.2, 0.25) is 0 Å². The third kappa shape index (κ3) is 3.12. The molecule has 0 saturated heterocycles. The molecule has 0 spiro atoms. The molecule has 4 heteroatoms. The Morgan fingerprint density at radius 3 is 2.75 bits per heavy atom. The summed E-state index contributed by atoms with van der Waals surface area (Å²) in [4.78, 5) is 0. The zero-order chi connectivity index (χ0) is 12.0. The van der Waals surface area contributed by atoms with E-state index in [0.717, 1.165) is 17.7 Å². The van der Waals surface area contributed by atoms with Crippen LogP contribution in [0.15, 0.2) is 18.2 Å². The summed E-state index contributed by atoms with van der Waals surface area (Å²) < 4.78 is 10.7. The molecule has 3 N–H and O–H groups in total. The first kappa shape index (κ1) is 12.8. The van der Waals surface area contributed by atoms with Gasteiger partial charge < -0.3 is 20.3 Å². The predicted octanol–water partition coefficient (Wildman–Crippen LogP) is 1.48. The van der Waals surface area contributed by atoms with Gasteiger partial charge in [-0.2, -0.15) is 0 Å². The zero-order valence-corrected chi connectivity index (χ0v) is 9.77. The molecule has 4 nitrogen and oxygen atoms in total. The lowest BCUT2D eigenvalue weighted by molar-refractivity contribution is 0.264. The van der Waals surface area contributed by atoms with E-state index in [1.807, 2.05) is 19.1 Å². The Balaban J connectivity index is 2.88. The Morgan fingerprint density at radius 1 is 1.44 bits per heavy atom. The first-order valence-corrected chi connectivity index (χ1v) is 5.40. The number of hydrogen-bond acceptors (Lipinski definition) is 4. The van der Waals surface area contributed by atoms with Crippen molar-refractivity contribution in [1.82, 2.24) is 0 Å². The highest BCUT2D eigenvalue weighted by molar-refractivity contribution is 5.42. The summed E-state index contributed by atoms with van der Waals surface area (Å²) >= 11 is 0. The Morgan fingerprint density at radius 2 is 2.19 bits per heavy atom. The molecule has 90 valence electrons. The number of benzene rings is 1. The van der Waals surface area contributed by atoms with Crippen LogP contribution >= 0.6 is 0 Å². The lowest BCUT2D eigenvalue weighted by Gasteiger charge is -2.15. The van der Waals surface area contributed by atoms with Gasteiger partial charge in [0.25, 0.3) is 0 Å². The van der Waals surface area contributed by atoms with Gasteiger partial charge in [-0.05, 0) is 18.6 Å². The Hall–Kier alpha value is -1.26. The Bertz CT molecular complexity index is 328. The van der Waals surface area contributed by atoms with Gasteiger partial charge in [0, 0.05) is 11.6 Å². The first-order chi connectivity index (χ1) is 7.72. The van der Waals surface area contributed by atoms with Crippen molar-refractivity contribution >= 4 is 0 Å². The van der Waals surface area contributed by atoms with Crippen molar-refractivity contribution in [3.63, 3.8) is 0 Å². The lowest BCUT2D eigenvalue weighted by Crippen LogP contribution is -2.15. The molecule has 1 atom stereocenters. The van der Waals surface area contributed by atoms with Gasteiger partial charge in [0.15, 0.2) is 0 Å². The van der Waals surface area contributed by atoms with Gasteiger partial charge in [-0.3, -0.25) is 0 Å². The third-order valence-electron chi connectivity index (χ3n) is 2.27. The molecule has 0 bridgehead atoms. The van der Waals surface area contributed by atoms with E-state index >= 15 is 0 Å². The maximum Gasteiger partial charge on any atom is 0.127 e. The summed E-state index contributed by atoms with van der Waals surface area (Å²) in [5.41, 5.74) is 6.54. The highest BCUT2D eigenvalue weighted by Crippen LogP contribution is 2.28. The highest BCUT2D eigenvalue weighted by atomic mass is 16.5. The van der Waals surface area contributed by atoms with E-state index in [1.54, 1.807) is 13.2 Å². The number of nitrogens with two attached hydrogens (primary N) is 1. The monoisotopic (exact) mass is 225 g/mol. The van der Waals surface area contributed by atoms with Crippen LogP contribution in [0.2, 0.25) is 0 Å². The van der Waals surface area contributed by atoms with Crippen molar-refractivity contribution in [1.29, 1.82) is 0 Å². The predicted molar refractivity (Wildman–Crippen MR) is 62.8 cm³/mol. The van der Waals surface area contributed by atoms with Gasteiger partial charge in [-0.1, -0.05) is 6.92 Å². The molecule has 0 heterocycles. The second-order valence-corrected chi connectivity index (χ2v) is 3.54. The number of hydrogen-bond donors (Lipinski definition) is 2. The van der Waals surface area contributed by atoms with Crippen LogP contribution in [0.4, 0.5) is 0 Å². The molecule has 0 saturated carbocycles. The molecule has 0 aliphatic heterocycles. The molecule has 0 aliphatic carbocycles. The quantitative estimate of drug-likeness (QED) is 0.769. The lowest BCUT2D eigenvalue weighted by atomic mass is 10.1. The Kier molecular flexibility index (Phi) is 5.08. The zero-order valence-electron chi connectivity index (χ0n) is 9.77. The van der Waals surface area contributed by atoms with Crippen LogP contribution in [-0.4, -0.2) is 25.4 Å². The molecule has 0 aromatic heterocycles. The second-order valence-electron chi connectivity index (χ2n) is 3.54. The minimum absolute atomic E-state index is 0.106. The minimum atomic E-state index is -0.421. The van der Waals surface area contributed by atoms with Crippen LogP contribution in [-0.2, 0) is 0 Å². The number of aliphatic hydroxyl groups is 1. The highest BCUT2D eigenvalue weighted by Gasteiger charge is 2.11. The summed E-state index contributed by atoms with van der Waals surface area (Å²) in [6, 6.07) is 5.03. The molecule has 16 heavy (non-hydrogen) atoms. The van der Waals surface area contributed by atoms with E-state index < -0.39 is 6.04 Å². The summed E-state index contributed by atoms with van der Waals surface area (Å²) in [6.45, 7) is 2.62. The normalized spacial score (nSPS) is 12.2. The van der Waals surface area contributed by atoms with Crippen LogP contribution < -0.4 is 15.2 Å².